The number of esters is 1. The molecule has 0 heterocycles. The molecule has 1 atom stereocenters. The molecule has 0 fully saturated rings. The maximum atomic E-state index is 12.4. The van der Waals surface area contributed by atoms with Crippen LogP contribution in [-0.4, -0.2) is 18.2 Å². The van der Waals surface area contributed by atoms with Crippen molar-refractivity contribution < 1.29 is 55.4 Å². The molecule has 0 amide bonds. The Bertz CT molecular complexity index is 249. The summed E-state index contributed by atoms with van der Waals surface area (Å²) in [6.45, 7) is 6.57. The van der Waals surface area contributed by atoms with Crippen LogP contribution in [-0.2, 0) is 42.2 Å². The Hall–Kier alpha value is 0.104. The first-order chi connectivity index (χ1) is 6.60. The fourth-order valence-corrected chi connectivity index (χ4v) is 1.10. The molecule has 1 radical (unpaired) electrons. The van der Waals surface area contributed by atoms with E-state index in [1.807, 2.05) is 6.08 Å². The molecule has 0 aromatic heterocycles. The molecule has 0 spiro atoms. The van der Waals surface area contributed by atoms with E-state index >= 15 is 0 Å². The molecule has 0 aliphatic rings. The fourth-order valence-electron chi connectivity index (χ4n) is 1.10. The fraction of sp³-hybridized carbons (Fsp3) is 0.700. The zero-order chi connectivity index (χ0) is 12.3. The average molecular weight is 312 g/mol. The van der Waals surface area contributed by atoms with E-state index in [4.69, 9.17) is 0 Å². The van der Waals surface area contributed by atoms with Gasteiger partial charge in [-0.1, -0.05) is 13.8 Å². The van der Waals surface area contributed by atoms with E-state index in [1.54, 1.807) is 0 Å². The number of rotatable bonds is 4. The molecule has 0 aliphatic heterocycles. The molecule has 0 saturated carbocycles. The predicted molar refractivity (Wildman–Crippen MR) is 48.9 cm³/mol. The quantitative estimate of drug-likeness (QED) is 0.453. The van der Waals surface area contributed by atoms with Crippen LogP contribution in [0.4, 0.5) is 13.2 Å². The smallest absolute Gasteiger partial charge is 0.394 e. The Kier molecular flexibility index (Phi) is 7.79. The molecule has 1 unspecified atom stereocenters. The number of carbonyl (C=O) groups is 1. The Balaban J connectivity index is 0. The summed E-state index contributed by atoms with van der Waals surface area (Å²) >= 11 is 0. The van der Waals surface area contributed by atoms with Crippen LogP contribution in [0, 0.1) is 11.5 Å². The second-order valence-electron chi connectivity index (χ2n) is 3.98. The van der Waals surface area contributed by atoms with E-state index in [9.17, 15) is 18.0 Å². The molecular formula is C10H14F3O2Y-. The van der Waals surface area contributed by atoms with Gasteiger partial charge in [0.25, 0.3) is 0 Å². The van der Waals surface area contributed by atoms with Gasteiger partial charge in [-0.15, -0.1) is 0 Å². The zero-order valence-electron chi connectivity index (χ0n) is 9.52. The van der Waals surface area contributed by atoms with Crippen molar-refractivity contribution in [1.29, 1.82) is 0 Å². The number of carbonyl (C=O) groups excluding carboxylic acids is 1. The Morgan fingerprint density at radius 2 is 1.88 bits per heavy atom. The minimum atomic E-state index is -4.31. The third kappa shape index (κ3) is 5.99. The average Bonchev–Trinajstić information content (AvgIpc) is 2.00. The summed E-state index contributed by atoms with van der Waals surface area (Å²) in [7, 11) is 0. The minimum Gasteiger partial charge on any atom is -0.487 e. The largest absolute Gasteiger partial charge is 0.487 e. The number of hydrogen-bond donors (Lipinski definition) is 0. The summed E-state index contributed by atoms with van der Waals surface area (Å²) in [5.41, 5.74) is -1.88. The molecule has 0 aromatic carbocycles. The summed E-state index contributed by atoms with van der Waals surface area (Å²) in [6, 6.07) is 0. The van der Waals surface area contributed by atoms with Crippen LogP contribution in [0.25, 0.3) is 0 Å². The molecule has 6 heteroatoms. The summed E-state index contributed by atoms with van der Waals surface area (Å²) < 4.78 is 42.0. The first kappa shape index (κ1) is 18.5. The van der Waals surface area contributed by atoms with Gasteiger partial charge in [0.1, 0.15) is 5.97 Å². The third-order valence-electron chi connectivity index (χ3n) is 2.02. The van der Waals surface area contributed by atoms with E-state index in [1.165, 1.54) is 6.92 Å². The maximum Gasteiger partial charge on any atom is 0.394 e. The molecule has 91 valence electrons. The normalized spacial score (nSPS) is 13.6. The van der Waals surface area contributed by atoms with Crippen molar-refractivity contribution in [2.45, 2.75) is 39.5 Å². The van der Waals surface area contributed by atoms with Crippen LogP contribution in [0.1, 0.15) is 27.2 Å². The van der Waals surface area contributed by atoms with Crippen LogP contribution in [0.2, 0.25) is 0 Å². The van der Waals surface area contributed by atoms with Gasteiger partial charge in [-0.3, -0.25) is 11.4 Å². The molecule has 0 aromatic rings. The van der Waals surface area contributed by atoms with E-state index in [0.717, 1.165) is 13.8 Å². The van der Waals surface area contributed by atoms with Gasteiger partial charge in [0.05, 0.1) is 11.5 Å². The van der Waals surface area contributed by atoms with Crippen molar-refractivity contribution >= 4 is 5.97 Å². The first-order valence-corrected chi connectivity index (χ1v) is 4.40. The van der Waals surface area contributed by atoms with Crippen LogP contribution >= 0.6 is 0 Å². The van der Waals surface area contributed by atoms with Gasteiger partial charge in [0, 0.05) is 32.7 Å². The minimum absolute atomic E-state index is 0. The van der Waals surface area contributed by atoms with E-state index in [2.05, 4.69) is 11.3 Å². The van der Waals surface area contributed by atoms with Crippen molar-refractivity contribution in [1.82, 2.24) is 0 Å². The van der Waals surface area contributed by atoms with Crippen molar-refractivity contribution in [2.24, 2.45) is 5.41 Å². The van der Waals surface area contributed by atoms with Gasteiger partial charge < -0.3 is 10.8 Å². The summed E-state index contributed by atoms with van der Waals surface area (Å²) in [5, 5.41) is 0. The number of ether oxygens (including phenoxy) is 1. The van der Waals surface area contributed by atoms with Crippen molar-refractivity contribution in [3.05, 3.63) is 12.7 Å². The molecule has 0 bridgehead atoms. The Morgan fingerprint density at radius 3 is 2.19 bits per heavy atom. The van der Waals surface area contributed by atoms with Crippen molar-refractivity contribution in [3.8, 4) is 0 Å². The van der Waals surface area contributed by atoms with E-state index < -0.39 is 23.7 Å². The SMILES string of the molecule is C=[C-]C(=O)OC(C)CC(C)(C)C(F)(F)F.[Y]. The molecule has 2 nitrogen and oxygen atoms in total. The van der Waals surface area contributed by atoms with E-state index in [0.29, 0.717) is 0 Å². The second kappa shape index (κ2) is 6.75. The summed E-state index contributed by atoms with van der Waals surface area (Å²) in [5.74, 6) is -0.833. The predicted octanol–water partition coefficient (Wildman–Crippen LogP) is 2.88. The molecular weight excluding hydrogens is 298 g/mol. The number of alkyl halides is 3. The standard InChI is InChI=1S/C10H14F3O2.Y/c1-5-8(14)15-7(2)6-9(3,4)10(11,12)13;/h7H,1,6H2,2-4H3;/q-1;. The van der Waals surface area contributed by atoms with Crippen LogP contribution in [0.3, 0.4) is 0 Å². The van der Waals surface area contributed by atoms with Gasteiger partial charge >= 0.3 is 6.18 Å². The van der Waals surface area contributed by atoms with Crippen molar-refractivity contribution in [3.63, 3.8) is 0 Å². The van der Waals surface area contributed by atoms with Crippen molar-refractivity contribution in [2.75, 3.05) is 0 Å². The Labute approximate surface area is 118 Å². The second-order valence-corrected chi connectivity index (χ2v) is 3.98. The molecule has 0 rings (SSSR count). The summed E-state index contributed by atoms with van der Waals surface area (Å²) in [4.78, 5) is 10.7. The molecule has 0 N–H and O–H groups in total. The third-order valence-corrected chi connectivity index (χ3v) is 2.02. The Morgan fingerprint density at radius 1 is 1.44 bits per heavy atom. The van der Waals surface area contributed by atoms with Gasteiger partial charge in [-0.25, -0.2) is 0 Å². The molecule has 0 saturated heterocycles. The van der Waals surface area contributed by atoms with Gasteiger partial charge in [-0.2, -0.15) is 13.2 Å². The maximum absolute atomic E-state index is 12.4. The van der Waals surface area contributed by atoms with E-state index in [-0.39, 0.29) is 39.1 Å². The van der Waals surface area contributed by atoms with Crippen LogP contribution in [0.15, 0.2) is 6.58 Å². The van der Waals surface area contributed by atoms with Gasteiger partial charge in [-0.05, 0) is 13.3 Å². The topological polar surface area (TPSA) is 26.3 Å². The summed E-state index contributed by atoms with van der Waals surface area (Å²) in [6.07, 6.45) is -3.49. The zero-order valence-corrected chi connectivity index (χ0v) is 12.4. The molecule has 16 heavy (non-hydrogen) atoms. The van der Waals surface area contributed by atoms with Crippen LogP contribution in [0.5, 0.6) is 0 Å². The van der Waals surface area contributed by atoms with Gasteiger partial charge in [0.2, 0.25) is 0 Å². The first-order valence-electron chi connectivity index (χ1n) is 4.40. The van der Waals surface area contributed by atoms with Gasteiger partial charge in [0.15, 0.2) is 0 Å². The number of hydrogen-bond acceptors (Lipinski definition) is 2. The monoisotopic (exact) mass is 312 g/mol. The number of halogens is 3. The molecule has 0 aliphatic carbocycles. The van der Waals surface area contributed by atoms with Crippen LogP contribution < -0.4 is 0 Å².